The molecule has 3 aromatic rings. The van der Waals surface area contributed by atoms with Crippen LogP contribution < -0.4 is 9.64 Å². The number of nitrogens with zero attached hydrogens (tertiary/aromatic N) is 4. The van der Waals surface area contributed by atoms with Gasteiger partial charge in [-0.1, -0.05) is 30.3 Å². The molecule has 0 bridgehead atoms. The van der Waals surface area contributed by atoms with E-state index in [1.165, 1.54) is 11.0 Å². The molecule has 6 rings (SSSR count). The molecule has 37 heavy (non-hydrogen) atoms. The van der Waals surface area contributed by atoms with Gasteiger partial charge < -0.3 is 9.64 Å². The first-order valence-corrected chi connectivity index (χ1v) is 12.4. The van der Waals surface area contributed by atoms with Crippen molar-refractivity contribution in [3.05, 3.63) is 93.5 Å². The van der Waals surface area contributed by atoms with Crippen molar-refractivity contribution in [2.75, 3.05) is 31.1 Å². The Morgan fingerprint density at radius 1 is 0.865 bits per heavy atom. The van der Waals surface area contributed by atoms with Crippen LogP contribution in [0.2, 0.25) is 0 Å². The Kier molecular flexibility index (Phi) is 5.64. The summed E-state index contributed by atoms with van der Waals surface area (Å²) in [5.74, 6) is 0.684. The van der Waals surface area contributed by atoms with Crippen molar-refractivity contribution in [2.24, 2.45) is 0 Å². The Morgan fingerprint density at radius 3 is 2.22 bits per heavy atom. The molecular weight excluding hydrogens is 472 g/mol. The Morgan fingerprint density at radius 2 is 1.54 bits per heavy atom. The van der Waals surface area contributed by atoms with Gasteiger partial charge in [-0.05, 0) is 43.7 Å². The number of carbonyl (C=O) groups is 2. The van der Waals surface area contributed by atoms with Gasteiger partial charge in [0.15, 0.2) is 0 Å². The highest BCUT2D eigenvalue weighted by molar-refractivity contribution is 6.21. The zero-order valence-electron chi connectivity index (χ0n) is 20.4. The topological polar surface area (TPSA) is 96.2 Å². The third kappa shape index (κ3) is 3.82. The predicted molar refractivity (Wildman–Crippen MR) is 137 cm³/mol. The Balaban J connectivity index is 1.32. The lowest BCUT2D eigenvalue weighted by atomic mass is 10.0. The van der Waals surface area contributed by atoms with Gasteiger partial charge in [0, 0.05) is 43.9 Å². The van der Waals surface area contributed by atoms with Crippen LogP contribution in [0.25, 0.3) is 0 Å². The predicted octanol–water partition coefficient (Wildman–Crippen LogP) is 4.25. The molecule has 3 aromatic carbocycles. The van der Waals surface area contributed by atoms with E-state index in [1.54, 1.807) is 30.3 Å². The number of benzene rings is 3. The van der Waals surface area contributed by atoms with Crippen molar-refractivity contribution in [3.8, 4) is 11.5 Å². The molecule has 9 nitrogen and oxygen atoms in total. The minimum Gasteiger partial charge on any atom is -0.457 e. The molecule has 188 valence electrons. The third-order valence-corrected chi connectivity index (χ3v) is 7.69. The second-order valence-corrected chi connectivity index (χ2v) is 9.66. The van der Waals surface area contributed by atoms with Gasteiger partial charge in [0.05, 0.1) is 22.1 Å². The number of ether oxygens (including phenoxy) is 1. The van der Waals surface area contributed by atoms with Crippen LogP contribution in [0.5, 0.6) is 11.5 Å². The zero-order chi connectivity index (χ0) is 25.7. The van der Waals surface area contributed by atoms with Crippen LogP contribution in [0.15, 0.2) is 66.7 Å². The van der Waals surface area contributed by atoms with E-state index in [0.29, 0.717) is 59.9 Å². The smallest absolute Gasteiger partial charge is 0.293 e. The number of rotatable bonds is 5. The number of para-hydroxylation sites is 1. The monoisotopic (exact) mass is 498 g/mol. The molecular formula is C28H26N4O5. The van der Waals surface area contributed by atoms with Crippen molar-refractivity contribution in [1.82, 2.24) is 9.80 Å². The Hall–Kier alpha value is -4.24. The summed E-state index contributed by atoms with van der Waals surface area (Å²) in [7, 11) is 0. The number of piperazine rings is 1. The van der Waals surface area contributed by atoms with Crippen LogP contribution in [0.4, 0.5) is 11.4 Å². The van der Waals surface area contributed by atoms with Gasteiger partial charge in [0.1, 0.15) is 17.2 Å². The minimum absolute atomic E-state index is 0.0154. The molecule has 2 atom stereocenters. The molecule has 0 saturated carbocycles. The van der Waals surface area contributed by atoms with Gasteiger partial charge in [0.2, 0.25) is 0 Å². The molecule has 0 unspecified atom stereocenters. The van der Waals surface area contributed by atoms with Gasteiger partial charge in [0.25, 0.3) is 17.5 Å². The summed E-state index contributed by atoms with van der Waals surface area (Å²) in [6.07, 6.45) is 0.683. The number of hydrogen-bond acceptors (Lipinski definition) is 7. The van der Waals surface area contributed by atoms with E-state index < -0.39 is 0 Å². The number of amides is 2. The van der Waals surface area contributed by atoms with E-state index in [0.717, 1.165) is 6.54 Å². The van der Waals surface area contributed by atoms with Gasteiger partial charge in [-0.3, -0.25) is 29.5 Å². The molecule has 2 saturated heterocycles. The second kappa shape index (κ2) is 9.01. The number of anilines is 1. The summed E-state index contributed by atoms with van der Waals surface area (Å²) in [5, 5.41) is 12.0. The molecule has 3 heterocycles. The summed E-state index contributed by atoms with van der Waals surface area (Å²) in [5.41, 5.74) is 2.10. The van der Waals surface area contributed by atoms with Gasteiger partial charge >= 0.3 is 0 Å². The number of carbonyl (C=O) groups excluding carboxylic acids is 2. The fraction of sp³-hybridized carbons (Fsp3) is 0.286. The van der Waals surface area contributed by atoms with E-state index in [9.17, 15) is 19.7 Å². The number of nitro benzene ring substituents is 1. The average molecular weight is 499 g/mol. The second-order valence-electron chi connectivity index (χ2n) is 9.66. The van der Waals surface area contributed by atoms with Gasteiger partial charge in [-0.25, -0.2) is 0 Å². The number of hydrogen-bond donors (Lipinski definition) is 0. The normalized spacial score (nSPS) is 21.2. The van der Waals surface area contributed by atoms with E-state index in [-0.39, 0.29) is 34.5 Å². The Bertz CT molecular complexity index is 1370. The maximum Gasteiger partial charge on any atom is 0.293 e. The molecule has 9 heteroatoms. The molecule has 2 fully saturated rings. The quantitative estimate of drug-likeness (QED) is 0.295. The summed E-state index contributed by atoms with van der Waals surface area (Å²) in [6.45, 7) is 4.36. The molecule has 3 aliphatic heterocycles. The lowest BCUT2D eigenvalue weighted by Gasteiger charge is -2.42. The number of imide groups is 1. The van der Waals surface area contributed by atoms with Crippen LogP contribution in [0.1, 0.15) is 32.7 Å². The summed E-state index contributed by atoms with van der Waals surface area (Å²) in [4.78, 5) is 43.8. The maximum atomic E-state index is 13.2. The molecule has 0 spiro atoms. The Labute approximate surface area is 214 Å². The van der Waals surface area contributed by atoms with E-state index in [1.807, 2.05) is 42.2 Å². The summed E-state index contributed by atoms with van der Waals surface area (Å²) >= 11 is 0. The minimum atomic E-state index is -0.364. The largest absolute Gasteiger partial charge is 0.457 e. The van der Waals surface area contributed by atoms with E-state index in [4.69, 9.17) is 4.74 Å². The number of nitro groups is 1. The molecule has 0 aliphatic carbocycles. The van der Waals surface area contributed by atoms with Crippen LogP contribution in [-0.4, -0.2) is 64.8 Å². The van der Waals surface area contributed by atoms with Crippen molar-refractivity contribution in [1.29, 1.82) is 0 Å². The molecule has 0 N–H and O–H groups in total. The highest BCUT2D eigenvalue weighted by atomic mass is 16.6. The first-order valence-electron chi connectivity index (χ1n) is 12.4. The molecule has 3 aliphatic rings. The van der Waals surface area contributed by atoms with Gasteiger partial charge in [-0.15, -0.1) is 0 Å². The first-order chi connectivity index (χ1) is 17.9. The van der Waals surface area contributed by atoms with Crippen LogP contribution in [-0.2, 0) is 0 Å². The maximum absolute atomic E-state index is 13.2. The van der Waals surface area contributed by atoms with Crippen LogP contribution in [0, 0.1) is 17.0 Å². The van der Waals surface area contributed by atoms with E-state index in [2.05, 4.69) is 4.90 Å². The van der Waals surface area contributed by atoms with Crippen molar-refractivity contribution in [2.45, 2.75) is 25.4 Å². The average Bonchev–Trinajstić information content (AvgIpc) is 3.43. The number of fused-ring (bicyclic) bond motifs is 2. The van der Waals surface area contributed by atoms with Crippen molar-refractivity contribution in [3.63, 3.8) is 0 Å². The third-order valence-electron chi connectivity index (χ3n) is 7.69. The standard InChI is InChI=1S/C28H26N4O5/c1-18-25(37-19-7-3-2-4-8-19)12-11-23(32(35)36)26(18)30-16-15-29-14-13-22(24(29)17-30)31-27(33)20-9-5-6-10-21(20)28(31)34/h2-12,22,24H,13-17H2,1H3/t22-,24+/m1/s1. The first kappa shape index (κ1) is 23.2. The van der Waals surface area contributed by atoms with Crippen molar-refractivity contribution < 1.29 is 19.2 Å². The van der Waals surface area contributed by atoms with E-state index >= 15 is 0 Å². The van der Waals surface area contributed by atoms with Gasteiger partial charge in [-0.2, -0.15) is 0 Å². The van der Waals surface area contributed by atoms with Crippen LogP contribution >= 0.6 is 0 Å². The fourth-order valence-electron chi connectivity index (χ4n) is 5.93. The summed E-state index contributed by atoms with van der Waals surface area (Å²) < 4.78 is 6.07. The lowest BCUT2D eigenvalue weighted by molar-refractivity contribution is -0.384. The molecule has 0 aromatic heterocycles. The highest BCUT2D eigenvalue weighted by Crippen LogP contribution is 2.41. The van der Waals surface area contributed by atoms with Crippen LogP contribution in [0.3, 0.4) is 0 Å². The fourth-order valence-corrected chi connectivity index (χ4v) is 5.93. The highest BCUT2D eigenvalue weighted by Gasteiger charge is 2.48. The molecule has 2 amide bonds. The zero-order valence-corrected chi connectivity index (χ0v) is 20.4. The summed E-state index contributed by atoms with van der Waals surface area (Å²) in [6, 6.07) is 19.0. The van der Waals surface area contributed by atoms with Crippen molar-refractivity contribution >= 4 is 23.2 Å². The SMILES string of the molecule is Cc1c(Oc2ccccc2)ccc([N+](=O)[O-])c1N1CCN2CC[C@@H](N3C(=O)c4ccccc4C3=O)[C@@H]2C1. The molecule has 0 radical (unpaired) electrons. The lowest BCUT2D eigenvalue weighted by Crippen LogP contribution is -2.57.